The van der Waals surface area contributed by atoms with Crippen LogP contribution in [0.2, 0.25) is 0 Å². The first-order chi connectivity index (χ1) is 10.2. The molecule has 1 fully saturated rings. The Bertz CT molecular complexity index is 511. The summed E-state index contributed by atoms with van der Waals surface area (Å²) in [4.78, 5) is 14.4. The van der Waals surface area contributed by atoms with Gasteiger partial charge in [0.25, 0.3) is 0 Å². The van der Waals surface area contributed by atoms with Crippen molar-refractivity contribution in [2.24, 2.45) is 0 Å². The fourth-order valence-corrected chi connectivity index (χ4v) is 3.68. The van der Waals surface area contributed by atoms with Crippen LogP contribution >= 0.6 is 0 Å². The van der Waals surface area contributed by atoms with Gasteiger partial charge in [-0.05, 0) is 43.4 Å². The van der Waals surface area contributed by atoms with E-state index in [9.17, 15) is 9.90 Å². The molecule has 3 rings (SSSR count). The molecule has 0 radical (unpaired) electrons. The molecular weight excluding hydrogens is 266 g/mol. The van der Waals surface area contributed by atoms with E-state index >= 15 is 0 Å². The van der Waals surface area contributed by atoms with E-state index in [4.69, 9.17) is 4.74 Å². The molecule has 1 saturated heterocycles. The quantitative estimate of drug-likeness (QED) is 0.922. The number of aryl methyl sites for hydroxylation is 1. The van der Waals surface area contributed by atoms with Gasteiger partial charge in [-0.2, -0.15) is 0 Å². The van der Waals surface area contributed by atoms with Crippen LogP contribution < -0.4 is 0 Å². The van der Waals surface area contributed by atoms with Crippen LogP contribution in [-0.2, 0) is 21.4 Å². The molecule has 1 atom stereocenters. The number of carboxylic acid groups (broad SMARTS) is 1. The van der Waals surface area contributed by atoms with Crippen LogP contribution in [0.1, 0.15) is 30.4 Å². The first kappa shape index (κ1) is 14.5. The number of benzene rings is 1. The number of carbonyl (C=O) groups is 1. The van der Waals surface area contributed by atoms with E-state index in [1.807, 2.05) is 18.2 Å². The number of fused-ring (bicyclic) bond motifs is 1. The summed E-state index contributed by atoms with van der Waals surface area (Å²) >= 11 is 0. The Balaban J connectivity index is 1.82. The highest BCUT2D eigenvalue weighted by Gasteiger charge is 2.43. The topological polar surface area (TPSA) is 49.8 Å². The zero-order valence-electron chi connectivity index (χ0n) is 12.4. The molecule has 4 heteroatoms. The van der Waals surface area contributed by atoms with Gasteiger partial charge < -0.3 is 9.84 Å². The zero-order valence-corrected chi connectivity index (χ0v) is 12.4. The third-order valence-corrected chi connectivity index (χ3v) is 4.95. The van der Waals surface area contributed by atoms with Crippen molar-refractivity contribution in [3.8, 4) is 0 Å². The average Bonchev–Trinajstić information content (AvgIpc) is 2.53. The van der Waals surface area contributed by atoms with E-state index in [-0.39, 0.29) is 0 Å². The smallest absolute Gasteiger partial charge is 0.314 e. The molecule has 0 amide bonds. The minimum Gasteiger partial charge on any atom is -0.481 e. The van der Waals surface area contributed by atoms with E-state index in [1.54, 1.807) is 0 Å². The molecule has 21 heavy (non-hydrogen) atoms. The van der Waals surface area contributed by atoms with E-state index in [0.717, 1.165) is 57.7 Å². The van der Waals surface area contributed by atoms with Crippen LogP contribution in [-0.4, -0.2) is 48.8 Å². The van der Waals surface area contributed by atoms with Gasteiger partial charge in [0.2, 0.25) is 0 Å². The van der Waals surface area contributed by atoms with Gasteiger partial charge in [-0.15, -0.1) is 0 Å². The Morgan fingerprint density at radius 1 is 1.29 bits per heavy atom. The molecule has 1 heterocycles. The van der Waals surface area contributed by atoms with Crippen LogP contribution in [0, 0.1) is 0 Å². The summed E-state index contributed by atoms with van der Waals surface area (Å²) in [5.74, 6) is -0.664. The predicted molar refractivity (Wildman–Crippen MR) is 80.6 cm³/mol. The molecule has 2 aliphatic rings. The van der Waals surface area contributed by atoms with Crippen molar-refractivity contribution in [1.82, 2.24) is 4.90 Å². The number of morpholine rings is 1. The van der Waals surface area contributed by atoms with Gasteiger partial charge in [0, 0.05) is 13.1 Å². The van der Waals surface area contributed by atoms with Crippen LogP contribution in [0.25, 0.3) is 0 Å². The molecule has 0 aromatic heterocycles. The fourth-order valence-electron chi connectivity index (χ4n) is 3.68. The first-order valence-electron chi connectivity index (χ1n) is 7.84. The predicted octanol–water partition coefficient (Wildman–Crippen LogP) is 2.07. The second-order valence-corrected chi connectivity index (χ2v) is 6.10. The number of rotatable bonds is 4. The number of carboxylic acids is 1. The number of ether oxygens (including phenoxy) is 1. The Labute approximate surface area is 125 Å². The van der Waals surface area contributed by atoms with Crippen molar-refractivity contribution < 1.29 is 14.6 Å². The standard InChI is InChI=1S/C17H23NO3/c19-16(20)17(8-9-18-10-12-21-13-11-18)7-3-5-14-4-1-2-6-15(14)17/h1-2,4,6H,3,5,7-13H2,(H,19,20). The summed E-state index contributed by atoms with van der Waals surface area (Å²) < 4.78 is 5.36. The van der Waals surface area contributed by atoms with Gasteiger partial charge >= 0.3 is 5.97 Å². The summed E-state index contributed by atoms with van der Waals surface area (Å²) in [5.41, 5.74) is 1.55. The van der Waals surface area contributed by atoms with Gasteiger partial charge in [0.15, 0.2) is 0 Å². The van der Waals surface area contributed by atoms with Gasteiger partial charge in [0.1, 0.15) is 0 Å². The third kappa shape index (κ3) is 2.83. The molecule has 114 valence electrons. The monoisotopic (exact) mass is 289 g/mol. The molecule has 0 spiro atoms. The van der Waals surface area contributed by atoms with Crippen LogP contribution in [0.15, 0.2) is 24.3 Å². The molecule has 1 aromatic carbocycles. The third-order valence-electron chi connectivity index (χ3n) is 4.95. The van der Waals surface area contributed by atoms with Crippen molar-refractivity contribution in [3.05, 3.63) is 35.4 Å². The number of nitrogens with zero attached hydrogens (tertiary/aromatic N) is 1. The van der Waals surface area contributed by atoms with Crippen LogP contribution in [0.4, 0.5) is 0 Å². The summed E-state index contributed by atoms with van der Waals surface area (Å²) in [5, 5.41) is 9.92. The summed E-state index contributed by atoms with van der Waals surface area (Å²) in [6, 6.07) is 8.08. The van der Waals surface area contributed by atoms with Crippen molar-refractivity contribution in [2.75, 3.05) is 32.8 Å². The van der Waals surface area contributed by atoms with Gasteiger partial charge in [-0.1, -0.05) is 24.3 Å². The first-order valence-corrected chi connectivity index (χ1v) is 7.84. The lowest BCUT2D eigenvalue weighted by atomic mass is 9.68. The Morgan fingerprint density at radius 2 is 2.05 bits per heavy atom. The summed E-state index contributed by atoms with van der Waals surface area (Å²) in [7, 11) is 0. The maximum atomic E-state index is 12.1. The average molecular weight is 289 g/mol. The molecular formula is C17H23NO3. The van der Waals surface area contributed by atoms with Crippen molar-refractivity contribution in [2.45, 2.75) is 31.1 Å². The van der Waals surface area contributed by atoms with Gasteiger partial charge in [-0.3, -0.25) is 9.69 Å². The normalized spacial score (nSPS) is 26.3. The van der Waals surface area contributed by atoms with E-state index < -0.39 is 11.4 Å². The van der Waals surface area contributed by atoms with Crippen molar-refractivity contribution in [1.29, 1.82) is 0 Å². The number of hydrogen-bond donors (Lipinski definition) is 1. The summed E-state index contributed by atoms with van der Waals surface area (Å²) in [6.45, 7) is 4.19. The Kier molecular flexibility index (Phi) is 4.27. The molecule has 1 aromatic rings. The highest BCUT2D eigenvalue weighted by atomic mass is 16.5. The van der Waals surface area contributed by atoms with E-state index in [0.29, 0.717) is 6.42 Å². The number of aliphatic carboxylic acids is 1. The summed E-state index contributed by atoms with van der Waals surface area (Å²) in [6.07, 6.45) is 3.41. The van der Waals surface area contributed by atoms with Gasteiger partial charge in [0.05, 0.1) is 18.6 Å². The molecule has 1 unspecified atom stereocenters. The largest absolute Gasteiger partial charge is 0.481 e. The number of hydrogen-bond acceptors (Lipinski definition) is 3. The Hall–Kier alpha value is -1.39. The van der Waals surface area contributed by atoms with Gasteiger partial charge in [-0.25, -0.2) is 0 Å². The maximum Gasteiger partial charge on any atom is 0.314 e. The second kappa shape index (κ2) is 6.16. The fraction of sp³-hybridized carbons (Fsp3) is 0.588. The minimum absolute atomic E-state index is 0.664. The molecule has 1 aliphatic heterocycles. The highest BCUT2D eigenvalue weighted by Crippen LogP contribution is 2.40. The molecule has 1 N–H and O–H groups in total. The molecule has 1 aliphatic carbocycles. The molecule has 0 bridgehead atoms. The molecule has 4 nitrogen and oxygen atoms in total. The zero-order chi connectivity index (χ0) is 14.7. The van der Waals surface area contributed by atoms with Crippen LogP contribution in [0.3, 0.4) is 0 Å². The Morgan fingerprint density at radius 3 is 2.81 bits per heavy atom. The molecule has 0 saturated carbocycles. The second-order valence-electron chi connectivity index (χ2n) is 6.10. The van der Waals surface area contributed by atoms with Crippen molar-refractivity contribution in [3.63, 3.8) is 0 Å². The maximum absolute atomic E-state index is 12.1. The van der Waals surface area contributed by atoms with E-state index in [1.165, 1.54) is 5.56 Å². The van der Waals surface area contributed by atoms with Crippen molar-refractivity contribution >= 4 is 5.97 Å². The lowest BCUT2D eigenvalue weighted by Crippen LogP contribution is -2.44. The van der Waals surface area contributed by atoms with Crippen LogP contribution in [0.5, 0.6) is 0 Å². The SMILES string of the molecule is O=C(O)C1(CCN2CCOCC2)CCCc2ccccc21. The lowest BCUT2D eigenvalue weighted by molar-refractivity contribution is -0.145. The lowest BCUT2D eigenvalue weighted by Gasteiger charge is -2.37. The highest BCUT2D eigenvalue weighted by molar-refractivity contribution is 5.82. The minimum atomic E-state index is -0.701. The van der Waals surface area contributed by atoms with E-state index in [2.05, 4.69) is 11.0 Å².